The van der Waals surface area contributed by atoms with Gasteiger partial charge in [0.15, 0.2) is 9.84 Å². The average Bonchev–Trinajstić information content (AvgIpc) is 2.91. The molecule has 0 fully saturated rings. The molecule has 2 aromatic rings. The minimum Gasteiger partial charge on any atom is -0.263 e. The molecule has 1 aliphatic rings. The van der Waals surface area contributed by atoms with Gasteiger partial charge in [-0.05, 0) is 49.2 Å². The average molecular weight is 365 g/mol. The summed E-state index contributed by atoms with van der Waals surface area (Å²) in [4.78, 5) is 0.236. The second-order valence-electron chi connectivity index (χ2n) is 5.86. The number of sulfone groups is 1. The lowest BCUT2D eigenvalue weighted by Gasteiger charge is -2.24. The molecule has 3 rings (SSSR count). The molecule has 5 nitrogen and oxygen atoms in total. The summed E-state index contributed by atoms with van der Waals surface area (Å²) in [6, 6.07) is 12.7. The number of nitrogens with zero attached hydrogens (tertiary/aromatic N) is 1. The Bertz CT molecular complexity index is 964. The minimum atomic E-state index is -3.73. The molecule has 0 spiro atoms. The third kappa shape index (κ3) is 2.71. The van der Waals surface area contributed by atoms with E-state index in [1.165, 1.54) is 28.6 Å². The fourth-order valence-electron chi connectivity index (χ4n) is 3.00. The molecule has 0 bridgehead atoms. The quantitative estimate of drug-likeness (QED) is 0.835. The van der Waals surface area contributed by atoms with Gasteiger partial charge in [0.05, 0.1) is 21.2 Å². The zero-order valence-electron chi connectivity index (χ0n) is 13.5. The predicted octanol–water partition coefficient (Wildman–Crippen LogP) is 2.62. The largest absolute Gasteiger partial charge is 0.264 e. The Morgan fingerprint density at radius 3 is 2.17 bits per heavy atom. The van der Waals surface area contributed by atoms with Crippen molar-refractivity contribution in [3.63, 3.8) is 0 Å². The van der Waals surface area contributed by atoms with Crippen LogP contribution in [0.3, 0.4) is 0 Å². The first kappa shape index (κ1) is 17.0. The Kier molecular flexibility index (Phi) is 4.17. The summed E-state index contributed by atoms with van der Waals surface area (Å²) < 4.78 is 51.2. The number of benzene rings is 2. The molecular formula is C17H19NO4S2. The van der Waals surface area contributed by atoms with Gasteiger partial charge in [-0.1, -0.05) is 25.1 Å². The van der Waals surface area contributed by atoms with Crippen LogP contribution in [0, 0.1) is 0 Å². The summed E-state index contributed by atoms with van der Waals surface area (Å²) in [5.41, 5.74) is 1.69. The summed E-state index contributed by atoms with van der Waals surface area (Å²) in [5.74, 6) is -0.0182. The molecule has 0 amide bonds. The van der Waals surface area contributed by atoms with Gasteiger partial charge in [-0.2, -0.15) is 0 Å². The van der Waals surface area contributed by atoms with E-state index in [9.17, 15) is 16.8 Å². The van der Waals surface area contributed by atoms with Crippen LogP contribution < -0.4 is 4.31 Å². The van der Waals surface area contributed by atoms with Gasteiger partial charge < -0.3 is 0 Å². The molecule has 1 aliphatic heterocycles. The fraction of sp³-hybridized carbons (Fsp3) is 0.294. The number of anilines is 1. The van der Waals surface area contributed by atoms with E-state index >= 15 is 0 Å². The SMILES string of the molecule is CCS(=O)(=O)c1ccc(S(=O)(=O)N2c3ccccc3CC2C)cc1. The van der Waals surface area contributed by atoms with Gasteiger partial charge >= 0.3 is 0 Å². The number of fused-ring (bicyclic) bond motifs is 1. The summed E-state index contributed by atoms with van der Waals surface area (Å²) >= 11 is 0. The summed E-state index contributed by atoms with van der Waals surface area (Å²) in [6.45, 7) is 3.43. The van der Waals surface area contributed by atoms with Gasteiger partial charge in [-0.15, -0.1) is 0 Å². The molecule has 0 saturated carbocycles. The molecule has 0 aromatic heterocycles. The third-order valence-electron chi connectivity index (χ3n) is 4.26. The number of rotatable bonds is 4. The maximum absolute atomic E-state index is 13.0. The van der Waals surface area contributed by atoms with Crippen molar-refractivity contribution in [1.82, 2.24) is 0 Å². The lowest BCUT2D eigenvalue weighted by atomic mass is 10.1. The first-order valence-electron chi connectivity index (χ1n) is 7.72. The third-order valence-corrected chi connectivity index (χ3v) is 7.96. The van der Waals surface area contributed by atoms with E-state index in [0.717, 1.165) is 5.56 Å². The Morgan fingerprint density at radius 2 is 1.54 bits per heavy atom. The molecule has 1 atom stereocenters. The summed E-state index contributed by atoms with van der Waals surface area (Å²) in [7, 11) is -7.08. The van der Waals surface area contributed by atoms with Crippen molar-refractivity contribution in [2.75, 3.05) is 10.1 Å². The Balaban J connectivity index is 2.03. The fourth-order valence-corrected chi connectivity index (χ4v) is 5.58. The standard InChI is InChI=1S/C17H19NO4S2/c1-3-23(19,20)15-8-10-16(11-9-15)24(21,22)18-13(2)12-14-6-4-5-7-17(14)18/h4-11,13H,3,12H2,1-2H3. The normalized spacial score (nSPS) is 17.8. The van der Waals surface area contributed by atoms with Crippen molar-refractivity contribution in [1.29, 1.82) is 0 Å². The number of para-hydroxylation sites is 1. The van der Waals surface area contributed by atoms with E-state index in [-0.39, 0.29) is 21.6 Å². The highest BCUT2D eigenvalue weighted by molar-refractivity contribution is 7.93. The van der Waals surface area contributed by atoms with Gasteiger partial charge in [0.2, 0.25) is 0 Å². The molecule has 0 saturated heterocycles. The van der Waals surface area contributed by atoms with Crippen molar-refractivity contribution < 1.29 is 16.8 Å². The van der Waals surface area contributed by atoms with Crippen LogP contribution in [-0.4, -0.2) is 28.6 Å². The minimum absolute atomic E-state index is 0.0182. The monoisotopic (exact) mass is 365 g/mol. The highest BCUT2D eigenvalue weighted by Gasteiger charge is 2.35. The summed E-state index contributed by atoms with van der Waals surface area (Å²) in [6.07, 6.45) is 0.664. The predicted molar refractivity (Wildman–Crippen MR) is 93.4 cm³/mol. The van der Waals surface area contributed by atoms with Gasteiger partial charge in [0.1, 0.15) is 0 Å². The van der Waals surface area contributed by atoms with E-state index in [4.69, 9.17) is 0 Å². The lowest BCUT2D eigenvalue weighted by molar-refractivity contribution is 0.583. The first-order chi connectivity index (χ1) is 11.3. The van der Waals surface area contributed by atoms with Crippen LogP contribution in [0.1, 0.15) is 19.4 Å². The number of sulfonamides is 1. The Morgan fingerprint density at radius 1 is 0.958 bits per heavy atom. The van der Waals surface area contributed by atoms with Crippen LogP contribution in [0.15, 0.2) is 58.3 Å². The van der Waals surface area contributed by atoms with E-state index in [1.54, 1.807) is 13.0 Å². The Labute approximate surface area is 142 Å². The number of hydrogen-bond acceptors (Lipinski definition) is 4. The molecule has 0 N–H and O–H groups in total. The van der Waals surface area contributed by atoms with Crippen LogP contribution in [-0.2, 0) is 26.3 Å². The Hall–Kier alpha value is -1.86. The molecule has 1 heterocycles. The molecular weight excluding hydrogens is 346 g/mol. The van der Waals surface area contributed by atoms with E-state index < -0.39 is 19.9 Å². The van der Waals surface area contributed by atoms with E-state index in [0.29, 0.717) is 12.1 Å². The smallest absolute Gasteiger partial charge is 0.263 e. The van der Waals surface area contributed by atoms with Crippen LogP contribution >= 0.6 is 0 Å². The molecule has 1 unspecified atom stereocenters. The maximum Gasteiger partial charge on any atom is 0.264 e. The molecule has 24 heavy (non-hydrogen) atoms. The first-order valence-corrected chi connectivity index (χ1v) is 10.8. The zero-order chi connectivity index (χ0) is 17.5. The highest BCUT2D eigenvalue weighted by atomic mass is 32.2. The molecule has 128 valence electrons. The van der Waals surface area contributed by atoms with Crippen LogP contribution in [0.4, 0.5) is 5.69 Å². The molecule has 7 heteroatoms. The van der Waals surface area contributed by atoms with Crippen molar-refractivity contribution in [3.05, 3.63) is 54.1 Å². The number of hydrogen-bond donors (Lipinski definition) is 0. The topological polar surface area (TPSA) is 71.5 Å². The van der Waals surface area contributed by atoms with Crippen LogP contribution in [0.2, 0.25) is 0 Å². The maximum atomic E-state index is 13.0. The van der Waals surface area contributed by atoms with Crippen molar-refractivity contribution in [2.24, 2.45) is 0 Å². The van der Waals surface area contributed by atoms with Crippen LogP contribution in [0.5, 0.6) is 0 Å². The van der Waals surface area contributed by atoms with E-state index in [1.807, 2.05) is 25.1 Å². The van der Waals surface area contributed by atoms with Gasteiger partial charge in [0.25, 0.3) is 10.0 Å². The second kappa shape index (κ2) is 5.89. The van der Waals surface area contributed by atoms with Gasteiger partial charge in [-0.3, -0.25) is 4.31 Å². The van der Waals surface area contributed by atoms with Crippen molar-refractivity contribution in [2.45, 2.75) is 36.1 Å². The molecule has 0 aliphatic carbocycles. The lowest BCUT2D eigenvalue weighted by Crippen LogP contribution is -2.35. The molecule has 0 radical (unpaired) electrons. The van der Waals surface area contributed by atoms with Gasteiger partial charge in [0, 0.05) is 6.04 Å². The van der Waals surface area contributed by atoms with Crippen LogP contribution in [0.25, 0.3) is 0 Å². The highest BCUT2D eigenvalue weighted by Crippen LogP contribution is 2.36. The van der Waals surface area contributed by atoms with Crippen molar-refractivity contribution >= 4 is 25.5 Å². The molecule has 2 aromatic carbocycles. The zero-order valence-corrected chi connectivity index (χ0v) is 15.1. The second-order valence-corrected chi connectivity index (χ2v) is 9.95. The van der Waals surface area contributed by atoms with E-state index in [2.05, 4.69) is 0 Å². The van der Waals surface area contributed by atoms with Crippen molar-refractivity contribution in [3.8, 4) is 0 Å². The summed E-state index contributed by atoms with van der Waals surface area (Å²) in [5, 5.41) is 0. The van der Waals surface area contributed by atoms with Gasteiger partial charge in [-0.25, -0.2) is 16.8 Å².